The highest BCUT2D eigenvalue weighted by molar-refractivity contribution is 8.14. The molecule has 1 aromatic rings. The number of methoxy groups -OCH3 is 1. The molecule has 156 valence electrons. The van der Waals surface area contributed by atoms with Crippen molar-refractivity contribution >= 4 is 41.0 Å². The van der Waals surface area contributed by atoms with Crippen LogP contribution < -0.4 is 9.64 Å². The second-order valence-corrected chi connectivity index (χ2v) is 7.73. The fraction of sp³-hybridized carbons (Fsp3) is 0.579. The van der Waals surface area contributed by atoms with Crippen molar-refractivity contribution in [1.29, 1.82) is 0 Å². The summed E-state index contributed by atoms with van der Waals surface area (Å²) in [5.74, 6) is 0.684. The van der Waals surface area contributed by atoms with Gasteiger partial charge in [-0.25, -0.2) is 4.39 Å². The maximum absolute atomic E-state index is 13.6. The average Bonchev–Trinajstić information content (AvgIpc) is 3.00. The molecule has 0 unspecified atom stereocenters. The third-order valence-electron chi connectivity index (χ3n) is 5.05. The van der Waals surface area contributed by atoms with Crippen LogP contribution in [-0.2, 0) is 4.79 Å². The molecular weight excluding hydrogens is 405 g/mol. The number of unbranched alkanes of at least 4 members (excludes halogenated alkanes) is 2. The average molecular weight is 432 g/mol. The predicted molar refractivity (Wildman–Crippen MR) is 112 cm³/mol. The van der Waals surface area contributed by atoms with E-state index in [1.807, 2.05) is 0 Å². The Hall–Kier alpha value is -1.51. The van der Waals surface area contributed by atoms with Crippen LogP contribution in [0, 0.1) is 5.82 Å². The molecule has 9 heteroatoms. The summed E-state index contributed by atoms with van der Waals surface area (Å²) in [5, 5.41) is -0.108. The van der Waals surface area contributed by atoms with Gasteiger partial charge in [-0.3, -0.25) is 19.4 Å². The fourth-order valence-electron chi connectivity index (χ4n) is 3.50. The zero-order valence-electron chi connectivity index (χ0n) is 16.1. The summed E-state index contributed by atoms with van der Waals surface area (Å²) in [4.78, 5) is 29.0. The third-order valence-corrected chi connectivity index (χ3v) is 5.91. The molecular formula is C19H27ClFN3O3S. The Bertz CT molecular complexity index is 670. The number of benzene rings is 1. The number of nitrogens with zero attached hydrogens (tertiary/aromatic N) is 3. The van der Waals surface area contributed by atoms with Crippen molar-refractivity contribution in [2.45, 2.75) is 19.3 Å². The first-order valence-corrected chi connectivity index (χ1v) is 10.3. The number of anilines is 1. The minimum atomic E-state index is -0.249. The number of hydrogen-bond donors (Lipinski definition) is 0. The van der Waals surface area contributed by atoms with E-state index in [2.05, 4.69) is 9.80 Å². The lowest BCUT2D eigenvalue weighted by atomic mass is 10.2. The Morgan fingerprint density at radius 2 is 1.79 bits per heavy atom. The first kappa shape index (κ1) is 22.8. The van der Waals surface area contributed by atoms with Gasteiger partial charge in [0.2, 0.25) is 5.91 Å². The topological polar surface area (TPSA) is 53.1 Å². The second-order valence-electron chi connectivity index (χ2n) is 6.81. The van der Waals surface area contributed by atoms with E-state index in [0.29, 0.717) is 18.0 Å². The molecule has 6 nitrogen and oxygen atoms in total. The van der Waals surface area contributed by atoms with Crippen LogP contribution in [0.1, 0.15) is 19.3 Å². The third kappa shape index (κ3) is 5.75. The number of ether oxygens (including phenoxy) is 1. The van der Waals surface area contributed by atoms with Gasteiger partial charge in [0.1, 0.15) is 11.6 Å². The van der Waals surface area contributed by atoms with Crippen LogP contribution in [0.4, 0.5) is 14.9 Å². The van der Waals surface area contributed by atoms with Gasteiger partial charge in [-0.1, -0.05) is 18.2 Å². The van der Waals surface area contributed by atoms with Gasteiger partial charge in [0.15, 0.2) is 0 Å². The van der Waals surface area contributed by atoms with Gasteiger partial charge >= 0.3 is 0 Å². The Labute approximate surface area is 175 Å². The van der Waals surface area contributed by atoms with Crippen LogP contribution in [0.5, 0.6) is 5.75 Å². The standard InChI is InChI=1S/C19H26FN3O3S.ClH/c1-26-17-6-5-15(20)13-16(17)22-11-9-21(10-12-22)7-3-2-4-8-23-18(24)14-27-19(23)25;/h5-6,13H,2-4,7-12,14H2,1H3;1H. The first-order valence-electron chi connectivity index (χ1n) is 9.36. The van der Waals surface area contributed by atoms with Crippen molar-refractivity contribution in [2.75, 3.05) is 57.0 Å². The predicted octanol–water partition coefficient (Wildman–Crippen LogP) is 3.24. The molecule has 0 aliphatic carbocycles. The lowest BCUT2D eigenvalue weighted by Gasteiger charge is -2.36. The summed E-state index contributed by atoms with van der Waals surface area (Å²) in [6, 6.07) is 4.62. The Morgan fingerprint density at radius 3 is 2.43 bits per heavy atom. The number of thioether (sulfide) groups is 1. The van der Waals surface area contributed by atoms with E-state index in [1.165, 1.54) is 17.0 Å². The van der Waals surface area contributed by atoms with E-state index in [4.69, 9.17) is 4.74 Å². The molecule has 28 heavy (non-hydrogen) atoms. The van der Waals surface area contributed by atoms with Crippen molar-refractivity contribution in [2.24, 2.45) is 0 Å². The van der Waals surface area contributed by atoms with Crippen LogP contribution in [-0.4, -0.2) is 73.1 Å². The van der Waals surface area contributed by atoms with Gasteiger partial charge in [0.25, 0.3) is 5.24 Å². The quantitative estimate of drug-likeness (QED) is 0.589. The van der Waals surface area contributed by atoms with Crippen molar-refractivity contribution < 1.29 is 18.7 Å². The van der Waals surface area contributed by atoms with Crippen LogP contribution in [0.25, 0.3) is 0 Å². The number of halogens is 2. The first-order chi connectivity index (χ1) is 13.1. The molecule has 0 bridgehead atoms. The lowest BCUT2D eigenvalue weighted by molar-refractivity contribution is -0.124. The SMILES string of the molecule is COc1ccc(F)cc1N1CCN(CCCCCN2C(=O)CSC2=O)CC1.Cl. The fourth-order valence-corrected chi connectivity index (χ4v) is 4.25. The minimum Gasteiger partial charge on any atom is -0.495 e. The van der Waals surface area contributed by atoms with Gasteiger partial charge in [-0.05, 0) is 31.5 Å². The second kappa shape index (κ2) is 10.9. The molecule has 2 saturated heterocycles. The summed E-state index contributed by atoms with van der Waals surface area (Å²) >= 11 is 1.09. The largest absolute Gasteiger partial charge is 0.495 e. The highest BCUT2D eigenvalue weighted by Crippen LogP contribution is 2.29. The highest BCUT2D eigenvalue weighted by Gasteiger charge is 2.29. The van der Waals surface area contributed by atoms with Crippen LogP contribution in [0.15, 0.2) is 18.2 Å². The Kier molecular flexibility index (Phi) is 8.85. The Balaban J connectivity index is 0.00000280. The summed E-state index contributed by atoms with van der Waals surface area (Å²) in [6.45, 7) is 5.09. The van der Waals surface area contributed by atoms with Crippen LogP contribution >= 0.6 is 24.2 Å². The molecule has 2 heterocycles. The monoisotopic (exact) mass is 431 g/mol. The van der Waals surface area contributed by atoms with E-state index in [-0.39, 0.29) is 29.4 Å². The number of carbonyl (C=O) groups excluding carboxylic acids is 2. The van der Waals surface area contributed by atoms with E-state index < -0.39 is 0 Å². The number of amides is 2. The normalized spacial score (nSPS) is 17.8. The zero-order valence-corrected chi connectivity index (χ0v) is 17.7. The van der Waals surface area contributed by atoms with Crippen molar-refractivity contribution in [3.05, 3.63) is 24.0 Å². The van der Waals surface area contributed by atoms with E-state index in [9.17, 15) is 14.0 Å². The van der Waals surface area contributed by atoms with Crippen LogP contribution in [0.2, 0.25) is 0 Å². The summed E-state index contributed by atoms with van der Waals surface area (Å²) < 4.78 is 18.9. The van der Waals surface area contributed by atoms with Crippen molar-refractivity contribution in [1.82, 2.24) is 9.80 Å². The van der Waals surface area contributed by atoms with Crippen molar-refractivity contribution in [3.63, 3.8) is 0 Å². The van der Waals surface area contributed by atoms with Gasteiger partial charge in [0, 0.05) is 38.8 Å². The van der Waals surface area contributed by atoms with E-state index >= 15 is 0 Å². The molecule has 3 rings (SSSR count). The number of piperazine rings is 1. The molecule has 0 saturated carbocycles. The molecule has 2 aliphatic rings. The number of hydrogen-bond acceptors (Lipinski definition) is 6. The van der Waals surface area contributed by atoms with Gasteiger partial charge in [-0.15, -0.1) is 12.4 Å². The molecule has 0 radical (unpaired) electrons. The van der Waals surface area contributed by atoms with Crippen molar-refractivity contribution in [3.8, 4) is 5.75 Å². The van der Waals surface area contributed by atoms with Gasteiger partial charge < -0.3 is 9.64 Å². The molecule has 0 spiro atoms. The summed E-state index contributed by atoms with van der Waals surface area (Å²) in [6.07, 6.45) is 2.91. The number of rotatable bonds is 8. The summed E-state index contributed by atoms with van der Waals surface area (Å²) in [5.41, 5.74) is 0.815. The Morgan fingerprint density at radius 1 is 1.07 bits per heavy atom. The maximum Gasteiger partial charge on any atom is 0.288 e. The molecule has 2 fully saturated rings. The smallest absolute Gasteiger partial charge is 0.288 e. The van der Waals surface area contributed by atoms with E-state index in [0.717, 1.165) is 69.4 Å². The highest BCUT2D eigenvalue weighted by atomic mass is 35.5. The molecule has 0 atom stereocenters. The number of imide groups is 1. The molecule has 1 aromatic carbocycles. The van der Waals surface area contributed by atoms with Gasteiger partial charge in [-0.2, -0.15) is 0 Å². The molecule has 2 aliphatic heterocycles. The molecule has 0 aromatic heterocycles. The zero-order chi connectivity index (χ0) is 19.2. The van der Waals surface area contributed by atoms with Gasteiger partial charge in [0.05, 0.1) is 18.6 Å². The summed E-state index contributed by atoms with van der Waals surface area (Å²) in [7, 11) is 1.61. The lowest BCUT2D eigenvalue weighted by Crippen LogP contribution is -2.46. The number of carbonyl (C=O) groups is 2. The van der Waals surface area contributed by atoms with E-state index in [1.54, 1.807) is 13.2 Å². The maximum atomic E-state index is 13.6. The minimum absolute atomic E-state index is 0. The molecule has 2 amide bonds. The van der Waals surface area contributed by atoms with Crippen LogP contribution in [0.3, 0.4) is 0 Å². The molecule has 0 N–H and O–H groups in total.